The lowest BCUT2D eigenvalue weighted by Crippen LogP contribution is -2.19. The first-order chi connectivity index (χ1) is 17.6. The first-order valence-corrected chi connectivity index (χ1v) is 12.0. The van der Waals surface area contributed by atoms with Crippen molar-refractivity contribution in [2.24, 2.45) is 0 Å². The molecular formula is C28H25ClN4O3. The Morgan fingerprint density at radius 3 is 2.69 bits per heavy atom. The van der Waals surface area contributed by atoms with Crippen LogP contribution in [0.5, 0.6) is 11.6 Å². The van der Waals surface area contributed by atoms with Crippen molar-refractivity contribution in [1.82, 2.24) is 14.5 Å². The smallest absolute Gasteiger partial charge is 0.258 e. The molecule has 3 heterocycles. The Morgan fingerprint density at radius 1 is 1.03 bits per heavy atom. The van der Waals surface area contributed by atoms with Gasteiger partial charge >= 0.3 is 0 Å². The molecule has 36 heavy (non-hydrogen) atoms. The molecule has 0 bridgehead atoms. The number of aryl methyl sites for hydroxylation is 1. The molecular weight excluding hydrogens is 476 g/mol. The van der Waals surface area contributed by atoms with E-state index in [-0.39, 0.29) is 12.2 Å². The number of nitrogens with zero attached hydrogens (tertiary/aromatic N) is 3. The molecule has 0 atom stereocenters. The summed E-state index contributed by atoms with van der Waals surface area (Å²) in [6, 6.07) is 17.1. The number of hydrogen-bond donors (Lipinski definition) is 1. The number of benzene rings is 1. The van der Waals surface area contributed by atoms with Gasteiger partial charge in [-0.3, -0.25) is 14.3 Å². The third-order valence-electron chi connectivity index (χ3n) is 6.00. The Morgan fingerprint density at radius 2 is 1.94 bits per heavy atom. The van der Waals surface area contributed by atoms with Crippen LogP contribution in [0, 0.1) is 0 Å². The Bertz CT molecular complexity index is 1450. The van der Waals surface area contributed by atoms with Crippen LogP contribution in [0.1, 0.15) is 28.8 Å². The highest BCUT2D eigenvalue weighted by atomic mass is 35.5. The van der Waals surface area contributed by atoms with Gasteiger partial charge in [-0.05, 0) is 59.9 Å². The minimum absolute atomic E-state index is 0.125. The molecule has 0 fully saturated rings. The van der Waals surface area contributed by atoms with E-state index in [0.29, 0.717) is 23.2 Å². The van der Waals surface area contributed by atoms with Gasteiger partial charge in [0, 0.05) is 36.8 Å². The van der Waals surface area contributed by atoms with Crippen molar-refractivity contribution in [2.45, 2.75) is 26.0 Å². The van der Waals surface area contributed by atoms with E-state index in [4.69, 9.17) is 21.1 Å². The molecule has 0 saturated carbocycles. The number of rotatable bonds is 8. The number of methoxy groups -OCH3 is 1. The van der Waals surface area contributed by atoms with E-state index in [0.717, 1.165) is 35.5 Å². The Labute approximate surface area is 214 Å². The Balaban J connectivity index is 1.24. The van der Waals surface area contributed by atoms with Crippen LogP contribution in [0.4, 0.5) is 5.69 Å². The van der Waals surface area contributed by atoms with Crippen LogP contribution >= 0.6 is 11.6 Å². The highest BCUT2D eigenvalue weighted by Crippen LogP contribution is 2.27. The topological polar surface area (TPSA) is 78.3 Å². The van der Waals surface area contributed by atoms with Crippen molar-refractivity contribution in [1.29, 1.82) is 0 Å². The van der Waals surface area contributed by atoms with E-state index in [1.165, 1.54) is 17.2 Å². The number of fused-ring (bicyclic) bond motifs is 1. The molecule has 182 valence electrons. The van der Waals surface area contributed by atoms with E-state index >= 15 is 0 Å². The molecule has 7 nitrogen and oxygen atoms in total. The van der Waals surface area contributed by atoms with Gasteiger partial charge in [0.1, 0.15) is 12.4 Å². The average molecular weight is 501 g/mol. The second-order valence-electron chi connectivity index (χ2n) is 8.44. The first-order valence-electron chi connectivity index (χ1n) is 11.6. The number of aromatic nitrogens is 3. The number of ether oxygens (including phenoxy) is 2. The maximum absolute atomic E-state index is 12.8. The van der Waals surface area contributed by atoms with Crippen molar-refractivity contribution >= 4 is 29.1 Å². The van der Waals surface area contributed by atoms with E-state index < -0.39 is 0 Å². The summed E-state index contributed by atoms with van der Waals surface area (Å²) < 4.78 is 12.5. The standard InChI is InChI=1S/C28H25ClN4O3/c1-35-27-9-7-23(17-32-27)30-15-19-2-3-21-13-25(8-4-20(21)12-19)33-11-10-26(14-28(33)34)36-18-24-6-5-22(29)16-31-24/h2-3,5-7,9-14,16-17,30H,4,8,15,18H2,1H3. The van der Waals surface area contributed by atoms with Gasteiger partial charge in [-0.25, -0.2) is 4.98 Å². The summed E-state index contributed by atoms with van der Waals surface area (Å²) in [5.41, 5.74) is 6.11. The molecule has 0 amide bonds. The van der Waals surface area contributed by atoms with Gasteiger partial charge in [0.2, 0.25) is 5.88 Å². The zero-order valence-electron chi connectivity index (χ0n) is 19.8. The molecule has 0 unspecified atom stereocenters. The van der Waals surface area contributed by atoms with Gasteiger partial charge in [0.25, 0.3) is 5.56 Å². The lowest BCUT2D eigenvalue weighted by atomic mass is 9.93. The number of pyridine rings is 3. The van der Waals surface area contributed by atoms with E-state index in [2.05, 4.69) is 39.6 Å². The third kappa shape index (κ3) is 5.58. The maximum Gasteiger partial charge on any atom is 0.258 e. The quantitative estimate of drug-likeness (QED) is 0.347. The van der Waals surface area contributed by atoms with Crippen molar-refractivity contribution < 1.29 is 9.47 Å². The van der Waals surface area contributed by atoms with Crippen molar-refractivity contribution in [2.75, 3.05) is 12.4 Å². The van der Waals surface area contributed by atoms with Crippen LogP contribution in [0.3, 0.4) is 0 Å². The van der Waals surface area contributed by atoms with Gasteiger partial charge in [0.15, 0.2) is 0 Å². The molecule has 0 saturated heterocycles. The molecule has 0 radical (unpaired) electrons. The van der Waals surface area contributed by atoms with Gasteiger partial charge < -0.3 is 14.8 Å². The zero-order valence-corrected chi connectivity index (χ0v) is 20.5. The average Bonchev–Trinajstić information content (AvgIpc) is 2.91. The highest BCUT2D eigenvalue weighted by Gasteiger charge is 2.14. The minimum Gasteiger partial charge on any atom is -0.487 e. The molecule has 8 heteroatoms. The van der Waals surface area contributed by atoms with Crippen molar-refractivity contribution in [3.63, 3.8) is 0 Å². The molecule has 1 aliphatic rings. The van der Waals surface area contributed by atoms with Crippen LogP contribution in [0.15, 0.2) is 78.0 Å². The molecule has 3 aromatic heterocycles. The summed E-state index contributed by atoms with van der Waals surface area (Å²) >= 11 is 5.86. The molecule has 1 aromatic carbocycles. The third-order valence-corrected chi connectivity index (χ3v) is 6.22. The summed E-state index contributed by atoms with van der Waals surface area (Å²) in [6.07, 6.45) is 8.83. The lowest BCUT2D eigenvalue weighted by Gasteiger charge is -2.19. The molecule has 0 spiro atoms. The molecule has 1 aliphatic carbocycles. The second-order valence-corrected chi connectivity index (χ2v) is 8.88. The number of anilines is 1. The van der Waals surface area contributed by atoms with Gasteiger partial charge in [0.05, 0.1) is 29.7 Å². The predicted octanol–water partition coefficient (Wildman–Crippen LogP) is 5.44. The van der Waals surface area contributed by atoms with Crippen molar-refractivity contribution in [3.05, 3.63) is 111 Å². The van der Waals surface area contributed by atoms with Crippen LogP contribution in [0.25, 0.3) is 11.8 Å². The highest BCUT2D eigenvalue weighted by molar-refractivity contribution is 6.30. The maximum atomic E-state index is 12.8. The number of halogens is 1. The van der Waals surface area contributed by atoms with Crippen LogP contribution in [0.2, 0.25) is 5.02 Å². The van der Waals surface area contributed by atoms with Gasteiger partial charge in [-0.2, -0.15) is 0 Å². The fourth-order valence-electron chi connectivity index (χ4n) is 4.08. The minimum atomic E-state index is -0.125. The lowest BCUT2D eigenvalue weighted by molar-refractivity contribution is 0.300. The normalized spacial score (nSPS) is 12.4. The fraction of sp³-hybridized carbons (Fsp3) is 0.179. The van der Waals surface area contributed by atoms with E-state index in [9.17, 15) is 4.79 Å². The van der Waals surface area contributed by atoms with Crippen LogP contribution < -0.4 is 20.3 Å². The Kier molecular flexibility index (Phi) is 7.00. The van der Waals surface area contributed by atoms with E-state index in [1.807, 2.05) is 12.1 Å². The second kappa shape index (κ2) is 10.7. The number of hydrogen-bond acceptors (Lipinski definition) is 6. The molecule has 4 aromatic rings. The summed E-state index contributed by atoms with van der Waals surface area (Å²) in [5, 5.41) is 3.96. The fourth-order valence-corrected chi connectivity index (χ4v) is 4.19. The number of nitrogens with one attached hydrogen (secondary N) is 1. The summed E-state index contributed by atoms with van der Waals surface area (Å²) in [6.45, 7) is 0.965. The molecule has 5 rings (SSSR count). The zero-order chi connectivity index (χ0) is 24.9. The summed E-state index contributed by atoms with van der Waals surface area (Å²) in [4.78, 5) is 21.2. The van der Waals surface area contributed by atoms with E-state index in [1.54, 1.807) is 48.5 Å². The van der Waals surface area contributed by atoms with Crippen molar-refractivity contribution in [3.8, 4) is 11.6 Å². The summed E-state index contributed by atoms with van der Waals surface area (Å²) in [5.74, 6) is 1.10. The number of allylic oxidation sites excluding steroid dienone is 1. The van der Waals surface area contributed by atoms with Crippen LogP contribution in [-0.2, 0) is 19.6 Å². The van der Waals surface area contributed by atoms with Crippen LogP contribution in [-0.4, -0.2) is 21.6 Å². The monoisotopic (exact) mass is 500 g/mol. The van der Waals surface area contributed by atoms with Gasteiger partial charge in [-0.1, -0.05) is 29.8 Å². The molecule has 0 aliphatic heterocycles. The first kappa shape index (κ1) is 23.6. The van der Waals surface area contributed by atoms with Gasteiger partial charge in [-0.15, -0.1) is 0 Å². The summed E-state index contributed by atoms with van der Waals surface area (Å²) in [7, 11) is 1.60. The predicted molar refractivity (Wildman–Crippen MR) is 141 cm³/mol. The molecule has 1 N–H and O–H groups in total. The SMILES string of the molecule is COc1ccc(NCc2ccc3c(c2)CCC(n2ccc(OCc4ccc(Cl)cn4)cc2=O)=C3)cn1. The Hall–Kier alpha value is -4.10. The largest absolute Gasteiger partial charge is 0.487 e.